The highest BCUT2D eigenvalue weighted by Crippen LogP contribution is 2.31. The Bertz CT molecular complexity index is 1230. The second-order valence-corrected chi connectivity index (χ2v) is 8.50. The van der Waals surface area contributed by atoms with Crippen molar-refractivity contribution in [2.45, 2.75) is 38.3 Å². The number of fused-ring (bicyclic) bond motifs is 1. The lowest BCUT2D eigenvalue weighted by atomic mass is 9.91. The number of ether oxygens (including phenoxy) is 2. The lowest BCUT2D eigenvalue weighted by Crippen LogP contribution is -2.23. The quantitative estimate of drug-likeness (QED) is 0.364. The van der Waals surface area contributed by atoms with Crippen molar-refractivity contribution < 1.29 is 14.3 Å². The van der Waals surface area contributed by atoms with E-state index in [1.807, 2.05) is 16.7 Å². The van der Waals surface area contributed by atoms with E-state index in [9.17, 15) is 4.79 Å². The van der Waals surface area contributed by atoms with Crippen molar-refractivity contribution in [3.8, 4) is 0 Å². The zero-order valence-corrected chi connectivity index (χ0v) is 19.8. The highest BCUT2D eigenvalue weighted by molar-refractivity contribution is 5.87. The van der Waals surface area contributed by atoms with Gasteiger partial charge < -0.3 is 14.8 Å². The van der Waals surface area contributed by atoms with Gasteiger partial charge in [-0.3, -0.25) is 4.57 Å². The number of benzene rings is 2. The van der Waals surface area contributed by atoms with Crippen LogP contribution in [0.5, 0.6) is 0 Å². The fourth-order valence-electron chi connectivity index (χ4n) is 4.50. The van der Waals surface area contributed by atoms with Crippen molar-refractivity contribution in [1.82, 2.24) is 19.5 Å². The van der Waals surface area contributed by atoms with Gasteiger partial charge >= 0.3 is 5.97 Å². The summed E-state index contributed by atoms with van der Waals surface area (Å²) in [6.45, 7) is 3.32. The zero-order valence-electron chi connectivity index (χ0n) is 19.8. The maximum Gasteiger partial charge on any atom is 0.376 e. The van der Waals surface area contributed by atoms with Gasteiger partial charge in [0.15, 0.2) is 5.65 Å². The minimum Gasteiger partial charge on any atom is -0.460 e. The molecule has 0 amide bonds. The molecule has 4 aromatic rings. The Labute approximate surface area is 204 Å². The Morgan fingerprint density at radius 3 is 2.43 bits per heavy atom. The lowest BCUT2D eigenvalue weighted by molar-refractivity contribution is -0.0285. The standard InChI is InChI=1S/C27H29N5O3/c1-2-34-26(33)24-28-18-22-25(31-24)32(23-15-9-10-16-35-23)27(30-22)29-17-21(19-11-5-3-6-12-19)20-13-7-4-8-14-20/h3-8,11-14,18,21,23H,2,9-10,15-17H2,1H3,(H,29,30). The van der Waals surface area contributed by atoms with Crippen molar-refractivity contribution in [2.75, 3.05) is 25.1 Å². The molecule has 0 aliphatic carbocycles. The molecule has 0 spiro atoms. The maximum absolute atomic E-state index is 12.3. The summed E-state index contributed by atoms with van der Waals surface area (Å²) in [5.74, 6) is 0.252. The number of carbonyl (C=O) groups is 1. The molecular weight excluding hydrogens is 442 g/mol. The van der Waals surface area contributed by atoms with E-state index in [4.69, 9.17) is 14.5 Å². The van der Waals surface area contributed by atoms with Gasteiger partial charge in [0.2, 0.25) is 11.8 Å². The van der Waals surface area contributed by atoms with E-state index >= 15 is 0 Å². The smallest absolute Gasteiger partial charge is 0.376 e. The third-order valence-corrected chi connectivity index (χ3v) is 6.20. The number of carbonyl (C=O) groups excluding carboxylic acids is 1. The Morgan fingerprint density at radius 1 is 1.09 bits per heavy atom. The van der Waals surface area contributed by atoms with E-state index in [1.54, 1.807) is 13.1 Å². The summed E-state index contributed by atoms with van der Waals surface area (Å²) in [5.41, 5.74) is 3.60. The molecule has 2 aromatic heterocycles. The zero-order chi connectivity index (χ0) is 24.0. The van der Waals surface area contributed by atoms with E-state index in [1.165, 1.54) is 11.1 Å². The first-order valence-electron chi connectivity index (χ1n) is 12.1. The first-order valence-corrected chi connectivity index (χ1v) is 12.1. The van der Waals surface area contributed by atoms with Gasteiger partial charge in [0.05, 0.1) is 12.8 Å². The molecule has 1 fully saturated rings. The van der Waals surface area contributed by atoms with Crippen LogP contribution < -0.4 is 5.32 Å². The van der Waals surface area contributed by atoms with Crippen molar-refractivity contribution in [3.63, 3.8) is 0 Å². The number of imidazole rings is 1. The number of hydrogen-bond donors (Lipinski definition) is 1. The highest BCUT2D eigenvalue weighted by Gasteiger charge is 2.25. The molecule has 1 saturated heterocycles. The first kappa shape index (κ1) is 23.0. The predicted molar refractivity (Wildman–Crippen MR) is 133 cm³/mol. The number of nitrogens with zero attached hydrogens (tertiary/aromatic N) is 4. The number of esters is 1. The summed E-state index contributed by atoms with van der Waals surface area (Å²) in [7, 11) is 0. The van der Waals surface area contributed by atoms with Gasteiger partial charge in [-0.15, -0.1) is 0 Å². The van der Waals surface area contributed by atoms with Crippen LogP contribution in [0.3, 0.4) is 0 Å². The number of rotatable bonds is 8. The summed E-state index contributed by atoms with van der Waals surface area (Å²) in [6.07, 6.45) is 4.29. The summed E-state index contributed by atoms with van der Waals surface area (Å²) >= 11 is 0. The molecule has 1 unspecified atom stereocenters. The Kier molecular flexibility index (Phi) is 6.99. The van der Waals surface area contributed by atoms with E-state index in [0.29, 0.717) is 30.3 Å². The molecule has 2 aromatic carbocycles. The largest absolute Gasteiger partial charge is 0.460 e. The topological polar surface area (TPSA) is 91.2 Å². The van der Waals surface area contributed by atoms with Gasteiger partial charge in [-0.25, -0.2) is 19.7 Å². The van der Waals surface area contributed by atoms with Crippen LogP contribution in [0, 0.1) is 0 Å². The third kappa shape index (κ3) is 5.02. The molecule has 8 nitrogen and oxygen atoms in total. The average molecular weight is 472 g/mol. The summed E-state index contributed by atoms with van der Waals surface area (Å²) in [6, 6.07) is 20.9. The van der Waals surface area contributed by atoms with Crippen LogP contribution in [-0.4, -0.2) is 45.2 Å². The fourth-order valence-corrected chi connectivity index (χ4v) is 4.50. The van der Waals surface area contributed by atoms with Gasteiger partial charge in [-0.05, 0) is 37.3 Å². The van der Waals surface area contributed by atoms with Crippen molar-refractivity contribution in [3.05, 3.63) is 83.8 Å². The van der Waals surface area contributed by atoms with Gasteiger partial charge in [-0.2, -0.15) is 0 Å². The molecule has 8 heteroatoms. The second-order valence-electron chi connectivity index (χ2n) is 8.50. The molecule has 180 valence electrons. The van der Waals surface area contributed by atoms with Gasteiger partial charge in [0.25, 0.3) is 0 Å². The number of hydrogen-bond acceptors (Lipinski definition) is 7. The van der Waals surface area contributed by atoms with Crippen LogP contribution in [0.1, 0.15) is 60.1 Å². The maximum atomic E-state index is 12.3. The van der Waals surface area contributed by atoms with Crippen LogP contribution in [0.2, 0.25) is 0 Å². The lowest BCUT2D eigenvalue weighted by Gasteiger charge is -2.26. The number of aromatic nitrogens is 4. The van der Waals surface area contributed by atoms with Crippen LogP contribution in [0.15, 0.2) is 66.9 Å². The molecule has 0 bridgehead atoms. The average Bonchev–Trinajstić information content (AvgIpc) is 3.28. The molecule has 0 saturated carbocycles. The highest BCUT2D eigenvalue weighted by atomic mass is 16.5. The van der Waals surface area contributed by atoms with Crippen LogP contribution >= 0.6 is 0 Å². The molecule has 1 aliphatic heterocycles. The Balaban J connectivity index is 1.51. The SMILES string of the molecule is CCOC(=O)c1ncc2nc(NCC(c3ccccc3)c3ccccc3)n(C3CCCCO3)c2n1. The molecule has 3 heterocycles. The van der Waals surface area contributed by atoms with E-state index in [0.717, 1.165) is 19.3 Å². The summed E-state index contributed by atoms with van der Waals surface area (Å²) in [5, 5.41) is 3.56. The molecular formula is C27H29N5O3. The van der Waals surface area contributed by atoms with E-state index in [2.05, 4.69) is 63.8 Å². The van der Waals surface area contributed by atoms with E-state index in [-0.39, 0.29) is 24.6 Å². The molecule has 1 N–H and O–H groups in total. The van der Waals surface area contributed by atoms with Crippen molar-refractivity contribution in [1.29, 1.82) is 0 Å². The van der Waals surface area contributed by atoms with E-state index < -0.39 is 5.97 Å². The Hall–Kier alpha value is -3.78. The van der Waals surface area contributed by atoms with Crippen molar-refractivity contribution >= 4 is 23.1 Å². The summed E-state index contributed by atoms with van der Waals surface area (Å²) < 4.78 is 13.2. The van der Waals surface area contributed by atoms with Gasteiger partial charge in [-0.1, -0.05) is 60.7 Å². The van der Waals surface area contributed by atoms with Gasteiger partial charge in [0, 0.05) is 19.1 Å². The predicted octanol–water partition coefficient (Wildman–Crippen LogP) is 4.95. The Morgan fingerprint density at radius 2 is 1.80 bits per heavy atom. The minimum absolute atomic E-state index is 0.0225. The molecule has 5 rings (SSSR count). The number of nitrogens with one attached hydrogen (secondary N) is 1. The normalized spacial score (nSPS) is 15.9. The minimum atomic E-state index is -0.547. The van der Waals surface area contributed by atoms with Crippen LogP contribution in [0.4, 0.5) is 5.95 Å². The molecule has 1 aliphatic rings. The van der Waals surface area contributed by atoms with Crippen molar-refractivity contribution in [2.24, 2.45) is 0 Å². The monoisotopic (exact) mass is 471 g/mol. The molecule has 0 radical (unpaired) electrons. The van der Waals surface area contributed by atoms with Crippen LogP contribution in [0.25, 0.3) is 11.2 Å². The first-order chi connectivity index (χ1) is 17.2. The number of anilines is 1. The van der Waals surface area contributed by atoms with Gasteiger partial charge in [0.1, 0.15) is 11.7 Å². The fraction of sp³-hybridized carbons (Fsp3) is 0.333. The second kappa shape index (κ2) is 10.7. The summed E-state index contributed by atoms with van der Waals surface area (Å²) in [4.78, 5) is 25.8. The third-order valence-electron chi connectivity index (χ3n) is 6.20. The molecule has 35 heavy (non-hydrogen) atoms. The molecule has 1 atom stereocenters. The van der Waals surface area contributed by atoms with Crippen LogP contribution in [-0.2, 0) is 9.47 Å².